The fourth-order valence-electron chi connectivity index (χ4n) is 10.9. The lowest BCUT2D eigenvalue weighted by Gasteiger charge is -2.57. The van der Waals surface area contributed by atoms with Gasteiger partial charge in [-0.05, 0) is 152 Å². The van der Waals surface area contributed by atoms with Crippen molar-refractivity contribution in [2.45, 2.75) is 57.8 Å². The molecule has 4 bridgehead atoms. The van der Waals surface area contributed by atoms with Crippen molar-refractivity contribution in [2.75, 3.05) is 9.80 Å². The van der Waals surface area contributed by atoms with Gasteiger partial charge in [-0.15, -0.1) is 0 Å². The topological polar surface area (TPSA) is 6.48 Å². The average Bonchev–Trinajstić information content (AvgIpc) is 3.04. The number of benzene rings is 5. The lowest BCUT2D eigenvalue weighted by Crippen LogP contribution is -2.62. The summed E-state index contributed by atoms with van der Waals surface area (Å²) in [5.41, 5.74) is 16.8. The maximum Gasteiger partial charge on any atom is 0.252 e. The van der Waals surface area contributed by atoms with Gasteiger partial charge in [0, 0.05) is 34.1 Å². The minimum absolute atomic E-state index is 0.187. The third kappa shape index (κ3) is 3.70. The Morgan fingerprint density at radius 2 is 1.07 bits per heavy atom. The average molecular weight is 583 g/mol. The van der Waals surface area contributed by atoms with Gasteiger partial charge in [0.1, 0.15) is 0 Å². The molecule has 11 rings (SSSR count). The van der Waals surface area contributed by atoms with Crippen LogP contribution in [0.5, 0.6) is 0 Å². The first-order valence-electron chi connectivity index (χ1n) is 17.2. The van der Waals surface area contributed by atoms with Crippen molar-refractivity contribution in [3.8, 4) is 0 Å². The largest absolute Gasteiger partial charge is 0.311 e. The summed E-state index contributed by atoms with van der Waals surface area (Å²) in [5.74, 6) is 2.70. The Hall–Kier alpha value is -4.24. The molecule has 2 nitrogen and oxygen atoms in total. The summed E-state index contributed by atoms with van der Waals surface area (Å²) in [6, 6.07) is 41.6. The van der Waals surface area contributed by atoms with Crippen molar-refractivity contribution in [1.29, 1.82) is 0 Å². The van der Waals surface area contributed by atoms with Crippen LogP contribution in [0.1, 0.15) is 55.2 Å². The Morgan fingerprint density at radius 3 is 1.67 bits per heavy atom. The van der Waals surface area contributed by atoms with Crippen LogP contribution in [-0.2, 0) is 5.41 Å². The quantitative estimate of drug-likeness (QED) is 0.192. The highest BCUT2D eigenvalue weighted by Crippen LogP contribution is 2.61. The first kappa shape index (κ1) is 26.0. The lowest BCUT2D eigenvalue weighted by atomic mass is 9.32. The zero-order chi connectivity index (χ0) is 29.9. The van der Waals surface area contributed by atoms with Crippen LogP contribution in [0.4, 0.5) is 34.1 Å². The molecule has 220 valence electrons. The third-order valence-corrected chi connectivity index (χ3v) is 12.1. The van der Waals surface area contributed by atoms with Crippen molar-refractivity contribution in [3.63, 3.8) is 0 Å². The smallest absolute Gasteiger partial charge is 0.252 e. The van der Waals surface area contributed by atoms with E-state index >= 15 is 0 Å². The van der Waals surface area contributed by atoms with Crippen LogP contribution in [0.15, 0.2) is 109 Å². The predicted octanol–water partition coefficient (Wildman–Crippen LogP) is 8.85. The van der Waals surface area contributed by atoms with Crippen LogP contribution in [-0.4, -0.2) is 6.71 Å². The molecular weight excluding hydrogens is 543 g/mol. The van der Waals surface area contributed by atoms with Gasteiger partial charge >= 0.3 is 0 Å². The zero-order valence-corrected chi connectivity index (χ0v) is 26.3. The summed E-state index contributed by atoms with van der Waals surface area (Å²) in [6.07, 6.45) is 8.48. The first-order chi connectivity index (χ1) is 22.1. The summed E-state index contributed by atoms with van der Waals surface area (Å²) in [4.78, 5) is 5.21. The molecule has 5 aromatic carbocycles. The minimum atomic E-state index is 0.187. The van der Waals surface area contributed by atoms with Crippen LogP contribution in [0.25, 0.3) is 0 Å². The molecule has 0 N–H and O–H groups in total. The van der Waals surface area contributed by atoms with Gasteiger partial charge in [-0.1, -0.05) is 66.2 Å². The highest BCUT2D eigenvalue weighted by Gasteiger charge is 2.53. The van der Waals surface area contributed by atoms with E-state index in [4.69, 9.17) is 0 Å². The minimum Gasteiger partial charge on any atom is -0.311 e. The van der Waals surface area contributed by atoms with Crippen molar-refractivity contribution < 1.29 is 0 Å². The Kier molecular flexibility index (Phi) is 5.43. The van der Waals surface area contributed by atoms with E-state index in [2.05, 4.69) is 133 Å². The van der Waals surface area contributed by atoms with Gasteiger partial charge in [-0.3, -0.25) is 0 Å². The Morgan fingerprint density at radius 1 is 0.556 bits per heavy atom. The number of rotatable bonds is 3. The summed E-state index contributed by atoms with van der Waals surface area (Å²) in [5, 5.41) is 0. The maximum absolute atomic E-state index is 2.67. The molecule has 4 fully saturated rings. The van der Waals surface area contributed by atoms with Gasteiger partial charge in [-0.25, -0.2) is 0 Å². The van der Waals surface area contributed by atoms with Crippen molar-refractivity contribution >= 4 is 57.2 Å². The van der Waals surface area contributed by atoms with Crippen LogP contribution >= 0.6 is 0 Å². The predicted molar refractivity (Wildman–Crippen MR) is 190 cm³/mol. The summed E-state index contributed by atoms with van der Waals surface area (Å²) in [6.45, 7) is 4.78. The molecule has 0 atom stereocenters. The number of para-hydroxylation sites is 3. The molecule has 3 heteroatoms. The van der Waals surface area contributed by atoms with Crippen molar-refractivity contribution in [1.82, 2.24) is 0 Å². The molecule has 0 saturated heterocycles. The number of fused-ring (bicyclic) bond motifs is 4. The molecule has 0 unspecified atom stereocenters. The van der Waals surface area contributed by atoms with Crippen LogP contribution in [0.3, 0.4) is 0 Å². The van der Waals surface area contributed by atoms with E-state index in [0.29, 0.717) is 5.41 Å². The highest BCUT2D eigenvalue weighted by atomic mass is 15.2. The molecule has 0 amide bonds. The normalized spacial score (nSPS) is 25.2. The molecule has 0 aromatic heterocycles. The third-order valence-electron chi connectivity index (χ3n) is 12.1. The molecule has 4 aliphatic carbocycles. The fraction of sp³-hybridized carbons (Fsp3) is 0.286. The second-order valence-electron chi connectivity index (χ2n) is 15.0. The van der Waals surface area contributed by atoms with E-state index in [1.54, 1.807) is 5.56 Å². The number of hydrogen-bond donors (Lipinski definition) is 0. The van der Waals surface area contributed by atoms with Crippen molar-refractivity contribution in [2.24, 2.45) is 17.8 Å². The monoisotopic (exact) mass is 582 g/mol. The Bertz CT molecular complexity index is 1940. The van der Waals surface area contributed by atoms with Gasteiger partial charge in [0.15, 0.2) is 0 Å². The van der Waals surface area contributed by atoms with E-state index in [1.165, 1.54) is 100 Å². The second-order valence-corrected chi connectivity index (χ2v) is 15.0. The first-order valence-corrected chi connectivity index (χ1v) is 17.2. The highest BCUT2D eigenvalue weighted by molar-refractivity contribution is 7.00. The SMILES string of the molecule is Cc1cc(C)c2c(c1)N(c1ccccc1)c1cc(C34CC5CC(CC(C5)C3)C4)cc3c1B2c1ccccc1N3c1ccccc1. The molecule has 45 heavy (non-hydrogen) atoms. The summed E-state index contributed by atoms with van der Waals surface area (Å²) < 4.78 is 0. The van der Waals surface area contributed by atoms with E-state index in [9.17, 15) is 0 Å². The summed E-state index contributed by atoms with van der Waals surface area (Å²) >= 11 is 0. The van der Waals surface area contributed by atoms with Crippen molar-refractivity contribution in [3.05, 3.63) is 126 Å². The van der Waals surface area contributed by atoms with Gasteiger partial charge in [0.25, 0.3) is 6.71 Å². The van der Waals surface area contributed by atoms with E-state index < -0.39 is 0 Å². The zero-order valence-electron chi connectivity index (χ0n) is 26.3. The molecule has 0 spiro atoms. The number of aryl methyl sites for hydroxylation is 2. The van der Waals surface area contributed by atoms with Gasteiger partial charge in [0.2, 0.25) is 0 Å². The van der Waals surface area contributed by atoms with Gasteiger partial charge in [0.05, 0.1) is 0 Å². The Labute approximate surface area is 267 Å². The molecular formula is C42H39BN2. The van der Waals surface area contributed by atoms with Crippen LogP contribution in [0, 0.1) is 31.6 Å². The molecule has 2 heterocycles. The standard InChI is InChI=1S/C42H39BN2/c1-27-17-28(2)40-37(18-27)45(34-13-7-4-8-14-34)39-23-32(42-24-29-19-30(25-42)21-31(20-29)26-42)22-38-41(39)43(40)35-15-9-10-16-36(35)44(38)33-11-5-3-6-12-33/h3-18,22-23,29-31H,19-21,24-26H2,1-2H3. The molecule has 4 saturated carbocycles. The number of anilines is 6. The molecule has 6 aliphatic rings. The van der Waals surface area contributed by atoms with Gasteiger partial charge in [-0.2, -0.15) is 0 Å². The number of nitrogens with zero attached hydrogens (tertiary/aromatic N) is 2. The van der Waals surface area contributed by atoms with E-state index in [-0.39, 0.29) is 6.71 Å². The van der Waals surface area contributed by atoms with Gasteiger partial charge < -0.3 is 9.80 Å². The second kappa shape index (κ2) is 9.39. The van der Waals surface area contributed by atoms with Crippen LogP contribution in [0.2, 0.25) is 0 Å². The molecule has 2 aliphatic heterocycles. The molecule has 5 aromatic rings. The summed E-state index contributed by atoms with van der Waals surface area (Å²) in [7, 11) is 0. The lowest BCUT2D eigenvalue weighted by molar-refractivity contribution is -0.00514. The van der Waals surface area contributed by atoms with E-state index in [0.717, 1.165) is 17.8 Å². The number of hydrogen-bond acceptors (Lipinski definition) is 2. The fourth-order valence-corrected chi connectivity index (χ4v) is 10.9. The Balaban J connectivity index is 1.32. The van der Waals surface area contributed by atoms with E-state index in [1.807, 2.05) is 0 Å². The maximum atomic E-state index is 2.67. The van der Waals surface area contributed by atoms with Crippen LogP contribution < -0.4 is 26.2 Å². The molecule has 0 radical (unpaired) electrons.